The molecule has 4 aliphatic carbocycles. The number of hydrogen-bond acceptors (Lipinski definition) is 5. The Hall–Kier alpha value is -0.690. The van der Waals surface area contributed by atoms with Crippen LogP contribution < -0.4 is 0 Å². The highest BCUT2D eigenvalue weighted by Crippen LogP contribution is 2.72. The van der Waals surface area contributed by atoms with Crippen molar-refractivity contribution in [2.75, 3.05) is 6.61 Å². The van der Waals surface area contributed by atoms with Crippen LogP contribution in [0.25, 0.3) is 0 Å². The van der Waals surface area contributed by atoms with E-state index in [0.717, 1.165) is 25.7 Å². The molecule has 4 saturated carbocycles. The molecule has 0 aromatic rings. The lowest BCUT2D eigenvalue weighted by Gasteiger charge is -2.66. The Kier molecular flexibility index (Phi) is 3.90. The summed E-state index contributed by atoms with van der Waals surface area (Å²) in [4.78, 5) is 12.1. The second-order valence-electron chi connectivity index (χ2n) is 10.2. The zero-order valence-electron chi connectivity index (χ0n) is 15.7. The number of aliphatic hydroxyl groups excluding tert-OH is 3. The highest BCUT2D eigenvalue weighted by molar-refractivity contribution is 5.75. The summed E-state index contributed by atoms with van der Waals surface area (Å²) in [6, 6.07) is 0. The van der Waals surface area contributed by atoms with Gasteiger partial charge in [-0.25, -0.2) is 0 Å². The number of hydrogen-bond donors (Lipinski definition) is 5. The number of aliphatic carboxylic acids is 1. The van der Waals surface area contributed by atoms with Gasteiger partial charge in [-0.05, 0) is 62.7 Å². The standard InChI is InChI=1S/C20H32O6/c1-17-6-3-7-18(2,16(24)25)14(17)13(22)15(23)19-8-11(4-5-12(17)19)20(26,9-19)10-21/h11-15,21-23,26H,3-10H2,1-2H3,(H,24,25). The molecule has 0 amide bonds. The van der Waals surface area contributed by atoms with Crippen LogP contribution in [0, 0.1) is 34.0 Å². The summed E-state index contributed by atoms with van der Waals surface area (Å²) in [5, 5.41) is 53.0. The molecule has 148 valence electrons. The number of fused-ring (bicyclic) bond motifs is 3. The second-order valence-corrected chi connectivity index (χ2v) is 10.2. The first kappa shape index (κ1) is 18.7. The van der Waals surface area contributed by atoms with Crippen molar-refractivity contribution in [3.8, 4) is 0 Å². The van der Waals surface area contributed by atoms with Crippen LogP contribution >= 0.6 is 0 Å². The zero-order valence-corrected chi connectivity index (χ0v) is 15.7. The maximum absolute atomic E-state index is 12.1. The topological polar surface area (TPSA) is 118 Å². The SMILES string of the molecule is CC1(C(=O)O)CCCC2(C)C1C(O)C(O)C13CC(CCC21)C(O)(CO)C3. The van der Waals surface area contributed by atoms with Crippen LogP contribution in [0.15, 0.2) is 0 Å². The van der Waals surface area contributed by atoms with Gasteiger partial charge in [0.1, 0.15) is 0 Å². The van der Waals surface area contributed by atoms with E-state index in [1.165, 1.54) is 0 Å². The van der Waals surface area contributed by atoms with Crippen molar-refractivity contribution < 1.29 is 30.3 Å². The monoisotopic (exact) mass is 368 g/mol. The van der Waals surface area contributed by atoms with Gasteiger partial charge in [-0.2, -0.15) is 0 Å². The first-order valence-corrected chi connectivity index (χ1v) is 9.98. The Morgan fingerprint density at radius 1 is 1.15 bits per heavy atom. The van der Waals surface area contributed by atoms with Gasteiger partial charge in [0, 0.05) is 11.3 Å². The average Bonchev–Trinajstić information content (AvgIpc) is 2.81. The smallest absolute Gasteiger partial charge is 0.309 e. The molecule has 0 heterocycles. The summed E-state index contributed by atoms with van der Waals surface area (Å²) in [6.45, 7) is 3.48. The summed E-state index contributed by atoms with van der Waals surface area (Å²) >= 11 is 0. The molecule has 6 heteroatoms. The Morgan fingerprint density at radius 3 is 2.46 bits per heavy atom. The molecule has 6 nitrogen and oxygen atoms in total. The summed E-state index contributed by atoms with van der Waals surface area (Å²) in [7, 11) is 0. The maximum Gasteiger partial charge on any atom is 0.309 e. The van der Waals surface area contributed by atoms with E-state index < -0.39 is 45.9 Å². The van der Waals surface area contributed by atoms with Gasteiger partial charge in [0.15, 0.2) is 0 Å². The van der Waals surface area contributed by atoms with E-state index in [4.69, 9.17) is 0 Å². The zero-order chi connectivity index (χ0) is 19.1. The van der Waals surface area contributed by atoms with Gasteiger partial charge in [-0.15, -0.1) is 0 Å². The van der Waals surface area contributed by atoms with E-state index in [0.29, 0.717) is 12.8 Å². The molecular formula is C20H32O6. The molecule has 9 atom stereocenters. The lowest BCUT2D eigenvalue weighted by Crippen LogP contribution is -2.69. The normalized spacial score (nSPS) is 58.8. The number of aliphatic hydroxyl groups is 4. The van der Waals surface area contributed by atoms with Crippen LogP contribution in [-0.2, 0) is 4.79 Å². The third-order valence-corrected chi connectivity index (χ3v) is 9.14. The number of rotatable bonds is 2. The number of carbonyl (C=O) groups is 1. The van der Waals surface area contributed by atoms with Gasteiger partial charge < -0.3 is 25.5 Å². The molecule has 26 heavy (non-hydrogen) atoms. The van der Waals surface area contributed by atoms with Crippen molar-refractivity contribution in [3.63, 3.8) is 0 Å². The van der Waals surface area contributed by atoms with Crippen LogP contribution in [0.2, 0.25) is 0 Å². The summed E-state index contributed by atoms with van der Waals surface area (Å²) in [5.41, 5.74) is -3.29. The molecule has 4 fully saturated rings. The Bertz CT molecular complexity index is 623. The molecule has 9 unspecified atom stereocenters. The van der Waals surface area contributed by atoms with Crippen molar-refractivity contribution in [2.45, 2.75) is 76.6 Å². The predicted octanol–water partition coefficient (Wildman–Crippen LogP) is 1.15. The quantitative estimate of drug-likeness (QED) is 0.499. The van der Waals surface area contributed by atoms with Crippen molar-refractivity contribution in [2.24, 2.45) is 34.0 Å². The summed E-state index contributed by atoms with van der Waals surface area (Å²) < 4.78 is 0. The molecule has 2 bridgehead atoms. The van der Waals surface area contributed by atoms with Crippen molar-refractivity contribution in [1.82, 2.24) is 0 Å². The molecule has 0 aliphatic heterocycles. The lowest BCUT2D eigenvalue weighted by atomic mass is 9.39. The fraction of sp³-hybridized carbons (Fsp3) is 0.950. The fourth-order valence-electron chi connectivity index (χ4n) is 8.13. The molecule has 4 aliphatic rings. The van der Waals surface area contributed by atoms with E-state index in [2.05, 4.69) is 6.92 Å². The third-order valence-electron chi connectivity index (χ3n) is 9.14. The minimum Gasteiger partial charge on any atom is -0.481 e. The molecule has 0 saturated heterocycles. The minimum absolute atomic E-state index is 0.0502. The van der Waals surface area contributed by atoms with Crippen LogP contribution in [0.5, 0.6) is 0 Å². The van der Waals surface area contributed by atoms with Gasteiger partial charge in [-0.3, -0.25) is 4.79 Å². The summed E-state index contributed by atoms with van der Waals surface area (Å²) in [5.74, 6) is -1.43. The Balaban J connectivity index is 1.83. The first-order valence-electron chi connectivity index (χ1n) is 9.98. The van der Waals surface area contributed by atoms with Gasteiger partial charge in [-0.1, -0.05) is 13.3 Å². The Labute approximate surface area is 154 Å². The molecule has 0 aromatic carbocycles. The second kappa shape index (κ2) is 5.43. The van der Waals surface area contributed by atoms with Crippen LogP contribution in [-0.4, -0.2) is 55.9 Å². The first-order chi connectivity index (χ1) is 12.0. The molecule has 0 aromatic heterocycles. The maximum atomic E-state index is 12.1. The third kappa shape index (κ3) is 1.99. The van der Waals surface area contributed by atoms with Crippen LogP contribution in [0.4, 0.5) is 0 Å². The molecular weight excluding hydrogens is 336 g/mol. The van der Waals surface area contributed by atoms with Gasteiger partial charge in [0.05, 0.1) is 29.8 Å². The molecule has 1 spiro atoms. The number of carboxylic acids is 1. The highest BCUT2D eigenvalue weighted by Gasteiger charge is 2.73. The van der Waals surface area contributed by atoms with E-state index >= 15 is 0 Å². The predicted molar refractivity (Wildman–Crippen MR) is 93.1 cm³/mol. The average molecular weight is 368 g/mol. The number of carboxylic acid groups (broad SMARTS) is 1. The van der Waals surface area contributed by atoms with Crippen molar-refractivity contribution >= 4 is 5.97 Å². The van der Waals surface area contributed by atoms with Crippen LogP contribution in [0.1, 0.15) is 58.8 Å². The van der Waals surface area contributed by atoms with Crippen molar-refractivity contribution in [3.05, 3.63) is 0 Å². The van der Waals surface area contributed by atoms with E-state index in [-0.39, 0.29) is 24.9 Å². The summed E-state index contributed by atoms with van der Waals surface area (Å²) in [6.07, 6.45) is 2.41. The molecule has 0 radical (unpaired) electrons. The minimum atomic E-state index is -1.20. The van der Waals surface area contributed by atoms with Crippen molar-refractivity contribution in [1.29, 1.82) is 0 Å². The Morgan fingerprint density at radius 2 is 1.85 bits per heavy atom. The van der Waals surface area contributed by atoms with Crippen LogP contribution in [0.3, 0.4) is 0 Å². The largest absolute Gasteiger partial charge is 0.481 e. The highest BCUT2D eigenvalue weighted by atomic mass is 16.4. The van der Waals surface area contributed by atoms with Gasteiger partial charge in [0.25, 0.3) is 0 Å². The fourth-order valence-corrected chi connectivity index (χ4v) is 8.13. The van der Waals surface area contributed by atoms with Gasteiger partial charge >= 0.3 is 5.97 Å². The van der Waals surface area contributed by atoms with E-state index in [1.54, 1.807) is 6.92 Å². The van der Waals surface area contributed by atoms with E-state index in [9.17, 15) is 30.3 Å². The lowest BCUT2D eigenvalue weighted by molar-refractivity contribution is -0.255. The van der Waals surface area contributed by atoms with Gasteiger partial charge in [0.2, 0.25) is 0 Å². The molecule has 4 rings (SSSR count). The molecule has 5 N–H and O–H groups in total. The van der Waals surface area contributed by atoms with E-state index in [1.807, 2.05) is 0 Å².